The first-order valence-corrected chi connectivity index (χ1v) is 11.6. The van der Waals surface area contributed by atoms with E-state index in [-0.39, 0.29) is 34.5 Å². The predicted octanol–water partition coefficient (Wildman–Crippen LogP) is 5.69. The normalized spacial score (nSPS) is 12.2. The van der Waals surface area contributed by atoms with Crippen LogP contribution in [0, 0.1) is 0 Å². The van der Waals surface area contributed by atoms with Crippen molar-refractivity contribution in [1.82, 2.24) is 24.9 Å². The van der Waals surface area contributed by atoms with Crippen LogP contribution in [0.1, 0.15) is 50.0 Å². The van der Waals surface area contributed by atoms with Crippen molar-refractivity contribution in [3.63, 3.8) is 0 Å². The number of alkyl halides is 3. The van der Waals surface area contributed by atoms with E-state index in [0.29, 0.717) is 16.8 Å². The molecule has 0 fully saturated rings. The van der Waals surface area contributed by atoms with Crippen molar-refractivity contribution in [2.75, 3.05) is 5.32 Å². The van der Waals surface area contributed by atoms with Gasteiger partial charge in [0.05, 0.1) is 27.5 Å². The number of hydrogen-bond acceptors (Lipinski definition) is 8. The summed E-state index contributed by atoms with van der Waals surface area (Å²) in [6.07, 6.45) is 2.06. The summed E-state index contributed by atoms with van der Waals surface area (Å²) in [5.74, 6) is -1.56. The molecule has 4 heterocycles. The Balaban J connectivity index is 1.43. The van der Waals surface area contributed by atoms with Crippen molar-refractivity contribution in [3.05, 3.63) is 81.5 Å². The molecule has 0 aliphatic rings. The molecule has 0 radical (unpaired) electrons. The summed E-state index contributed by atoms with van der Waals surface area (Å²) in [7, 11) is 0. The van der Waals surface area contributed by atoms with E-state index in [0.717, 1.165) is 23.1 Å². The van der Waals surface area contributed by atoms with Gasteiger partial charge in [0.2, 0.25) is 0 Å². The molecule has 0 saturated carbocycles. The van der Waals surface area contributed by atoms with Gasteiger partial charge in [-0.15, -0.1) is 11.3 Å². The van der Waals surface area contributed by atoms with E-state index >= 15 is 0 Å². The van der Waals surface area contributed by atoms with Crippen LogP contribution in [0.15, 0.2) is 55.4 Å². The Bertz CT molecular complexity index is 1410. The summed E-state index contributed by atoms with van der Waals surface area (Å²) in [5.41, 5.74) is 0.435. The zero-order chi connectivity index (χ0) is 25.9. The van der Waals surface area contributed by atoms with Crippen molar-refractivity contribution < 1.29 is 22.8 Å². The molecule has 0 aliphatic heterocycles. The molecule has 36 heavy (non-hydrogen) atoms. The lowest BCUT2D eigenvalue weighted by Crippen LogP contribution is -2.13. The lowest BCUT2D eigenvalue weighted by Gasteiger charge is -2.10. The summed E-state index contributed by atoms with van der Waals surface area (Å²) < 4.78 is 39.1. The van der Waals surface area contributed by atoms with E-state index in [1.807, 2.05) is 6.07 Å². The molecular weight excluding hydrogens is 517 g/mol. The second kappa shape index (κ2) is 10.5. The molecule has 1 atom stereocenters. The van der Waals surface area contributed by atoms with Crippen LogP contribution in [0.25, 0.3) is 11.3 Å². The monoisotopic (exact) mass is 532 g/mol. The number of aromatic nitrogens is 5. The number of amides is 1. The first-order chi connectivity index (χ1) is 17.1. The van der Waals surface area contributed by atoms with Crippen molar-refractivity contribution in [2.24, 2.45) is 0 Å². The fraction of sp³-hybridized carbons (Fsp3) is 0.174. The molecule has 0 unspecified atom stereocenters. The second-order valence-corrected chi connectivity index (χ2v) is 9.09. The van der Waals surface area contributed by atoms with Crippen LogP contribution in [0.5, 0.6) is 0 Å². The molecule has 1 N–H and O–H groups in total. The Morgan fingerprint density at radius 3 is 2.64 bits per heavy atom. The van der Waals surface area contributed by atoms with Gasteiger partial charge in [0, 0.05) is 36.5 Å². The third-order valence-corrected chi connectivity index (χ3v) is 6.50. The van der Waals surface area contributed by atoms with Crippen molar-refractivity contribution in [3.8, 4) is 11.3 Å². The third-order valence-electron chi connectivity index (χ3n) is 4.97. The number of halogens is 4. The number of anilines is 1. The molecule has 1 amide bonds. The Morgan fingerprint density at radius 2 is 1.92 bits per heavy atom. The quantitative estimate of drug-likeness (QED) is 0.304. The summed E-state index contributed by atoms with van der Waals surface area (Å²) >= 11 is 6.58. The molecule has 0 aliphatic carbocycles. The Hall–Kier alpha value is -3.77. The molecule has 0 aromatic carbocycles. The number of rotatable bonds is 7. The minimum absolute atomic E-state index is 0.0751. The first kappa shape index (κ1) is 25.3. The maximum atomic E-state index is 13.0. The highest BCUT2D eigenvalue weighted by atomic mass is 35.5. The van der Waals surface area contributed by atoms with Gasteiger partial charge in [-0.05, 0) is 24.3 Å². The number of Topliss-reactive ketones (excluding diaryl/α,β-unsaturated/α-hetero) is 1. The number of pyridine rings is 2. The van der Waals surface area contributed by atoms with Crippen LogP contribution in [0.4, 0.5) is 19.0 Å². The van der Waals surface area contributed by atoms with E-state index in [1.54, 1.807) is 31.5 Å². The predicted molar refractivity (Wildman–Crippen MR) is 127 cm³/mol. The van der Waals surface area contributed by atoms with Gasteiger partial charge < -0.3 is 5.32 Å². The molecule has 0 bridgehead atoms. The van der Waals surface area contributed by atoms with E-state index < -0.39 is 22.7 Å². The Kier molecular flexibility index (Phi) is 7.36. The van der Waals surface area contributed by atoms with Gasteiger partial charge >= 0.3 is 6.18 Å². The van der Waals surface area contributed by atoms with E-state index in [9.17, 15) is 22.8 Å². The summed E-state index contributed by atoms with van der Waals surface area (Å²) in [6.45, 7) is 1.78. The van der Waals surface area contributed by atoms with Gasteiger partial charge in [0.15, 0.2) is 5.78 Å². The van der Waals surface area contributed by atoms with Gasteiger partial charge in [-0.25, -0.2) is 19.9 Å². The number of carbonyl (C=O) groups is 2. The summed E-state index contributed by atoms with van der Waals surface area (Å²) in [4.78, 5) is 45.7. The average Bonchev–Trinajstić information content (AvgIpc) is 3.36. The standard InChI is InChI=1S/C23H16ClF3N6O2S/c1-12(5-18(34)17-7-16(31-11-32-17)13-3-2-4-28-8-13)22-30-10-19(36-22)21(35)33-20-6-14(23(25,26)27)15(24)9-29-20/h2-4,6-12H,5H2,1H3,(H,29,33,35)/t12-/m1/s1. The molecule has 13 heteroatoms. The Morgan fingerprint density at radius 1 is 1.11 bits per heavy atom. The topological polar surface area (TPSA) is 111 Å². The number of hydrogen-bond donors (Lipinski definition) is 1. The fourth-order valence-electron chi connectivity index (χ4n) is 3.17. The second-order valence-electron chi connectivity index (χ2n) is 7.62. The zero-order valence-electron chi connectivity index (χ0n) is 18.5. The number of thiazole rings is 1. The van der Waals surface area contributed by atoms with Crippen LogP contribution < -0.4 is 5.32 Å². The fourth-order valence-corrected chi connectivity index (χ4v) is 4.25. The maximum Gasteiger partial charge on any atom is 0.418 e. The van der Waals surface area contributed by atoms with Gasteiger partial charge in [-0.2, -0.15) is 13.2 Å². The first-order valence-electron chi connectivity index (χ1n) is 10.4. The van der Waals surface area contributed by atoms with Crippen molar-refractivity contribution >= 4 is 40.4 Å². The molecule has 4 aromatic heterocycles. The van der Waals surface area contributed by atoms with E-state index in [1.165, 1.54) is 12.5 Å². The summed E-state index contributed by atoms with van der Waals surface area (Å²) in [6, 6.07) is 5.82. The van der Waals surface area contributed by atoms with Gasteiger partial charge in [0.1, 0.15) is 22.7 Å². The van der Waals surface area contributed by atoms with E-state index in [2.05, 4.69) is 30.2 Å². The van der Waals surface area contributed by atoms with Crippen LogP contribution in [-0.4, -0.2) is 36.6 Å². The number of carbonyl (C=O) groups excluding carboxylic acids is 2. The highest BCUT2D eigenvalue weighted by Crippen LogP contribution is 2.35. The van der Waals surface area contributed by atoms with Crippen LogP contribution in [0.3, 0.4) is 0 Å². The minimum atomic E-state index is -4.69. The highest BCUT2D eigenvalue weighted by Gasteiger charge is 2.34. The lowest BCUT2D eigenvalue weighted by molar-refractivity contribution is -0.137. The van der Waals surface area contributed by atoms with Crippen molar-refractivity contribution in [2.45, 2.75) is 25.4 Å². The molecule has 0 saturated heterocycles. The van der Waals surface area contributed by atoms with Gasteiger partial charge in [-0.3, -0.25) is 14.6 Å². The van der Waals surface area contributed by atoms with Gasteiger partial charge in [-0.1, -0.05) is 18.5 Å². The molecule has 0 spiro atoms. The molecule has 184 valence electrons. The SMILES string of the molecule is C[C@H](CC(=O)c1cc(-c2cccnc2)ncn1)c1ncc(C(=O)Nc2cc(C(F)(F)F)c(Cl)cn2)s1. The van der Waals surface area contributed by atoms with Crippen LogP contribution in [-0.2, 0) is 6.18 Å². The minimum Gasteiger partial charge on any atom is -0.306 e. The number of nitrogens with zero attached hydrogens (tertiary/aromatic N) is 5. The molecule has 4 rings (SSSR count). The molecule has 4 aromatic rings. The number of nitrogens with one attached hydrogen (secondary N) is 1. The third kappa shape index (κ3) is 5.89. The maximum absolute atomic E-state index is 13.0. The smallest absolute Gasteiger partial charge is 0.306 e. The Labute approximate surface area is 211 Å². The van der Waals surface area contributed by atoms with E-state index in [4.69, 9.17) is 11.6 Å². The molecule has 8 nitrogen and oxygen atoms in total. The van der Waals surface area contributed by atoms with Crippen molar-refractivity contribution in [1.29, 1.82) is 0 Å². The lowest BCUT2D eigenvalue weighted by atomic mass is 10.0. The average molecular weight is 533 g/mol. The van der Waals surface area contributed by atoms with Gasteiger partial charge in [0.25, 0.3) is 5.91 Å². The zero-order valence-corrected chi connectivity index (χ0v) is 20.0. The van der Waals surface area contributed by atoms with Crippen LogP contribution >= 0.6 is 22.9 Å². The summed E-state index contributed by atoms with van der Waals surface area (Å²) in [5, 5.41) is 2.25. The van der Waals surface area contributed by atoms with Crippen LogP contribution in [0.2, 0.25) is 5.02 Å². The highest BCUT2D eigenvalue weighted by molar-refractivity contribution is 7.13. The largest absolute Gasteiger partial charge is 0.418 e. The molecular formula is C23H16ClF3N6O2S. The number of ketones is 1.